The van der Waals surface area contributed by atoms with Gasteiger partial charge in [0.2, 0.25) is 5.82 Å². The van der Waals surface area contributed by atoms with Crippen LogP contribution in [0.1, 0.15) is 22.0 Å². The number of nitrogens with one attached hydrogen (secondary N) is 1. The molecule has 0 aliphatic heterocycles. The van der Waals surface area contributed by atoms with Gasteiger partial charge in [-0.2, -0.15) is 4.98 Å². The van der Waals surface area contributed by atoms with Crippen molar-refractivity contribution < 1.29 is 4.79 Å². The highest BCUT2D eigenvalue weighted by molar-refractivity contribution is 6.04. The molecule has 0 aliphatic carbocycles. The van der Waals surface area contributed by atoms with E-state index >= 15 is 0 Å². The van der Waals surface area contributed by atoms with E-state index in [-0.39, 0.29) is 11.7 Å². The number of para-hydroxylation sites is 1. The van der Waals surface area contributed by atoms with E-state index in [0.717, 1.165) is 22.5 Å². The molecule has 0 radical (unpaired) electrons. The molecule has 0 unspecified atom stereocenters. The average Bonchev–Trinajstić information content (AvgIpc) is 3.07. The topological polar surface area (TPSA) is 72.2 Å². The number of carbonyl (C=O) groups excluding carboxylic acids is 1. The highest BCUT2D eigenvalue weighted by Crippen LogP contribution is 2.27. The first-order valence-corrected chi connectivity index (χ1v) is 8.28. The van der Waals surface area contributed by atoms with Crippen LogP contribution in [0, 0.1) is 13.8 Å². The number of fused-ring (bicyclic) bond motifs is 1. The number of benzene rings is 2. The summed E-state index contributed by atoms with van der Waals surface area (Å²) in [6.45, 7) is 3.79. The first-order valence-electron chi connectivity index (χ1n) is 8.28. The van der Waals surface area contributed by atoms with Crippen molar-refractivity contribution in [1.29, 1.82) is 0 Å². The summed E-state index contributed by atoms with van der Waals surface area (Å²) in [5, 5.41) is 7.20. The number of aromatic nitrogens is 4. The Morgan fingerprint density at radius 1 is 0.962 bits per heavy atom. The molecule has 0 fully saturated rings. The van der Waals surface area contributed by atoms with E-state index in [1.54, 1.807) is 4.52 Å². The summed E-state index contributed by atoms with van der Waals surface area (Å²) in [5.41, 5.74) is 4.39. The van der Waals surface area contributed by atoms with Crippen LogP contribution in [0.5, 0.6) is 0 Å². The maximum Gasteiger partial charge on any atom is 0.295 e. The van der Waals surface area contributed by atoms with Crippen molar-refractivity contribution in [3.05, 3.63) is 77.9 Å². The Hall–Kier alpha value is -3.54. The largest absolute Gasteiger partial charge is 0.319 e. The number of aryl methyl sites for hydroxylation is 2. The number of carbonyl (C=O) groups is 1. The normalized spacial score (nSPS) is 10.8. The molecule has 0 spiro atoms. The van der Waals surface area contributed by atoms with Gasteiger partial charge in [-0.05, 0) is 31.5 Å². The number of hydrogen-bond acceptors (Lipinski definition) is 4. The molecule has 6 heteroatoms. The van der Waals surface area contributed by atoms with E-state index in [1.165, 1.54) is 0 Å². The maximum absolute atomic E-state index is 12.7. The lowest BCUT2D eigenvalue weighted by Gasteiger charge is -2.10. The van der Waals surface area contributed by atoms with Gasteiger partial charge in [-0.3, -0.25) is 4.79 Å². The first kappa shape index (κ1) is 16.0. The Kier molecular flexibility index (Phi) is 3.93. The molecule has 1 N–H and O–H groups in total. The molecule has 128 valence electrons. The molecule has 2 aromatic heterocycles. The molecule has 0 saturated heterocycles. The summed E-state index contributed by atoms with van der Waals surface area (Å²) in [5.74, 6) is 0.147. The van der Waals surface area contributed by atoms with Crippen LogP contribution in [0.15, 0.2) is 60.7 Å². The number of nitrogens with zero attached hydrogens (tertiary/aromatic N) is 4. The molecule has 6 nitrogen and oxygen atoms in total. The quantitative estimate of drug-likeness (QED) is 0.616. The van der Waals surface area contributed by atoms with E-state index in [1.807, 2.05) is 74.5 Å². The van der Waals surface area contributed by atoms with E-state index in [2.05, 4.69) is 20.4 Å². The summed E-state index contributed by atoms with van der Waals surface area (Å²) in [6, 6.07) is 19.5. The van der Waals surface area contributed by atoms with Crippen LogP contribution < -0.4 is 5.32 Å². The fraction of sp³-hybridized carbons (Fsp3) is 0.100. The molecule has 26 heavy (non-hydrogen) atoms. The lowest BCUT2D eigenvalue weighted by molar-refractivity contribution is 0.101. The molecular weight excluding hydrogens is 326 g/mol. The van der Waals surface area contributed by atoms with Crippen LogP contribution in [0.4, 0.5) is 5.69 Å². The molecular formula is C20H17N5O. The van der Waals surface area contributed by atoms with Gasteiger partial charge in [-0.1, -0.05) is 48.5 Å². The van der Waals surface area contributed by atoms with Crippen LogP contribution in [-0.2, 0) is 0 Å². The number of amides is 1. The fourth-order valence-electron chi connectivity index (χ4n) is 2.90. The summed E-state index contributed by atoms with van der Waals surface area (Å²) < 4.78 is 1.57. The number of rotatable bonds is 3. The third-order valence-corrected chi connectivity index (χ3v) is 4.08. The van der Waals surface area contributed by atoms with Gasteiger partial charge in [0.15, 0.2) is 0 Å². The summed E-state index contributed by atoms with van der Waals surface area (Å²) in [7, 11) is 0. The van der Waals surface area contributed by atoms with E-state index in [0.29, 0.717) is 11.5 Å². The lowest BCUT2D eigenvalue weighted by atomic mass is 10.0. The van der Waals surface area contributed by atoms with Crippen molar-refractivity contribution in [2.75, 3.05) is 5.32 Å². The van der Waals surface area contributed by atoms with Gasteiger partial charge in [0, 0.05) is 22.6 Å². The molecule has 4 aromatic rings. The molecule has 0 bridgehead atoms. The third kappa shape index (κ3) is 2.93. The van der Waals surface area contributed by atoms with Crippen LogP contribution in [0.2, 0.25) is 0 Å². The standard InChI is InChI=1S/C20H17N5O/c1-13-12-14(2)25-20(21-13)23-18(24-25)19(26)22-17-11-7-6-10-16(17)15-8-4-3-5-9-15/h3-12H,1-2H3,(H,22,26). The minimum Gasteiger partial charge on any atom is -0.319 e. The number of anilines is 1. The molecule has 4 rings (SSSR count). The summed E-state index contributed by atoms with van der Waals surface area (Å²) in [6.07, 6.45) is 0. The molecule has 1 amide bonds. The van der Waals surface area contributed by atoms with E-state index in [9.17, 15) is 4.79 Å². The van der Waals surface area contributed by atoms with Gasteiger partial charge < -0.3 is 5.32 Å². The van der Waals surface area contributed by atoms with Crippen molar-refractivity contribution in [1.82, 2.24) is 19.6 Å². The van der Waals surface area contributed by atoms with Crippen LogP contribution in [-0.4, -0.2) is 25.5 Å². The van der Waals surface area contributed by atoms with Crippen molar-refractivity contribution in [2.24, 2.45) is 0 Å². The van der Waals surface area contributed by atoms with Crippen LogP contribution in [0.25, 0.3) is 16.9 Å². The van der Waals surface area contributed by atoms with Gasteiger partial charge >= 0.3 is 0 Å². The predicted octanol–water partition coefficient (Wildman–Crippen LogP) is 3.66. The van der Waals surface area contributed by atoms with E-state index < -0.39 is 0 Å². The minimum atomic E-state index is -0.365. The van der Waals surface area contributed by atoms with Gasteiger partial charge in [-0.25, -0.2) is 9.50 Å². The average molecular weight is 343 g/mol. The zero-order valence-electron chi connectivity index (χ0n) is 14.5. The van der Waals surface area contributed by atoms with Crippen LogP contribution in [0.3, 0.4) is 0 Å². The molecule has 0 atom stereocenters. The highest BCUT2D eigenvalue weighted by Gasteiger charge is 2.16. The van der Waals surface area contributed by atoms with Gasteiger partial charge in [0.1, 0.15) is 0 Å². The molecule has 2 aromatic carbocycles. The Balaban J connectivity index is 1.69. The van der Waals surface area contributed by atoms with Crippen molar-refractivity contribution in [3.8, 4) is 11.1 Å². The Morgan fingerprint density at radius 2 is 1.69 bits per heavy atom. The third-order valence-electron chi connectivity index (χ3n) is 4.08. The Bertz CT molecular complexity index is 1100. The summed E-state index contributed by atoms with van der Waals surface area (Å²) in [4.78, 5) is 21.3. The molecule has 0 saturated carbocycles. The zero-order chi connectivity index (χ0) is 18.1. The van der Waals surface area contributed by atoms with Gasteiger partial charge in [0.25, 0.3) is 11.7 Å². The SMILES string of the molecule is Cc1cc(C)n2nc(C(=O)Nc3ccccc3-c3ccccc3)nc2n1. The van der Waals surface area contributed by atoms with E-state index in [4.69, 9.17) is 0 Å². The number of hydrogen-bond donors (Lipinski definition) is 1. The molecule has 0 aliphatic rings. The van der Waals surface area contributed by atoms with Gasteiger partial charge in [-0.15, -0.1) is 5.10 Å². The van der Waals surface area contributed by atoms with Crippen molar-refractivity contribution in [3.63, 3.8) is 0 Å². The Morgan fingerprint density at radius 3 is 2.50 bits per heavy atom. The second-order valence-corrected chi connectivity index (χ2v) is 6.05. The Labute approximate surface area is 150 Å². The van der Waals surface area contributed by atoms with Crippen molar-refractivity contribution >= 4 is 17.4 Å². The van der Waals surface area contributed by atoms with Gasteiger partial charge in [0.05, 0.1) is 0 Å². The molecule has 2 heterocycles. The zero-order valence-corrected chi connectivity index (χ0v) is 14.5. The monoisotopic (exact) mass is 343 g/mol. The second kappa shape index (κ2) is 6.40. The minimum absolute atomic E-state index is 0.0917. The van der Waals surface area contributed by atoms with Crippen LogP contribution >= 0.6 is 0 Å². The lowest BCUT2D eigenvalue weighted by Crippen LogP contribution is -2.14. The maximum atomic E-state index is 12.7. The summed E-state index contributed by atoms with van der Waals surface area (Å²) >= 11 is 0. The highest BCUT2D eigenvalue weighted by atomic mass is 16.2. The smallest absolute Gasteiger partial charge is 0.295 e. The fourth-order valence-corrected chi connectivity index (χ4v) is 2.90. The predicted molar refractivity (Wildman–Crippen MR) is 100 cm³/mol. The van der Waals surface area contributed by atoms with Crippen molar-refractivity contribution in [2.45, 2.75) is 13.8 Å². The second-order valence-electron chi connectivity index (χ2n) is 6.05. The first-order chi connectivity index (χ1) is 12.6.